The Hall–Kier alpha value is -2.82. The number of aromatic nitrogens is 2. The molecule has 2 heterocycles. The largest absolute Gasteiger partial charge is 0.399 e. The average Bonchev–Trinajstić information content (AvgIpc) is 2.89. The maximum Gasteiger partial charge on any atom is 0.253 e. The zero-order chi connectivity index (χ0) is 14.8. The number of amides is 1. The van der Waals surface area contributed by atoms with Crippen molar-refractivity contribution in [2.24, 2.45) is 0 Å². The Morgan fingerprint density at radius 2 is 2.24 bits per heavy atom. The Morgan fingerprint density at radius 3 is 3.05 bits per heavy atom. The minimum Gasteiger partial charge on any atom is -0.399 e. The van der Waals surface area contributed by atoms with Gasteiger partial charge in [0.1, 0.15) is 0 Å². The Kier molecular flexibility index (Phi) is 3.31. The van der Waals surface area contributed by atoms with E-state index in [-0.39, 0.29) is 5.91 Å². The Labute approximate surface area is 122 Å². The lowest BCUT2D eigenvalue weighted by Crippen LogP contribution is -2.23. The molecule has 0 aliphatic rings. The third-order valence-corrected chi connectivity index (χ3v) is 3.53. The molecule has 21 heavy (non-hydrogen) atoms. The number of H-pyrrole nitrogens is 1. The second-order valence-electron chi connectivity index (χ2n) is 4.99. The van der Waals surface area contributed by atoms with Crippen LogP contribution in [-0.2, 0) is 6.54 Å². The van der Waals surface area contributed by atoms with E-state index in [0.717, 1.165) is 22.0 Å². The summed E-state index contributed by atoms with van der Waals surface area (Å²) in [7, 11) is 0. The van der Waals surface area contributed by atoms with E-state index in [4.69, 9.17) is 5.73 Å². The van der Waals surface area contributed by atoms with Crippen molar-refractivity contribution in [3.8, 4) is 0 Å². The number of carbonyl (C=O) groups is 1. The molecule has 3 aromatic rings. The van der Waals surface area contributed by atoms with Gasteiger partial charge >= 0.3 is 0 Å². The van der Waals surface area contributed by atoms with Gasteiger partial charge in [0, 0.05) is 41.7 Å². The summed E-state index contributed by atoms with van der Waals surface area (Å²) in [5.41, 5.74) is 10.0. The fourth-order valence-corrected chi connectivity index (χ4v) is 2.30. The summed E-state index contributed by atoms with van der Waals surface area (Å²) in [6.45, 7) is 2.46. The molecule has 0 unspecified atom stereocenters. The molecule has 0 aliphatic carbocycles. The number of carbonyl (C=O) groups excluding carboxylic acids is 1. The van der Waals surface area contributed by atoms with Crippen LogP contribution in [0.1, 0.15) is 21.5 Å². The van der Waals surface area contributed by atoms with Crippen LogP contribution in [0.5, 0.6) is 0 Å². The molecule has 106 valence electrons. The number of hydrogen-bond donors (Lipinski definition) is 3. The van der Waals surface area contributed by atoms with Crippen LogP contribution in [-0.4, -0.2) is 15.9 Å². The Morgan fingerprint density at radius 1 is 1.38 bits per heavy atom. The molecule has 0 saturated heterocycles. The van der Waals surface area contributed by atoms with Gasteiger partial charge < -0.3 is 16.0 Å². The van der Waals surface area contributed by atoms with Crippen LogP contribution in [0, 0.1) is 6.92 Å². The molecule has 1 amide bonds. The van der Waals surface area contributed by atoms with E-state index in [9.17, 15) is 4.79 Å². The monoisotopic (exact) mass is 280 g/mol. The number of hydrogen-bond acceptors (Lipinski definition) is 3. The first-order chi connectivity index (χ1) is 10.1. The average molecular weight is 280 g/mol. The summed E-state index contributed by atoms with van der Waals surface area (Å²) in [4.78, 5) is 19.4. The fourth-order valence-electron chi connectivity index (χ4n) is 2.30. The summed E-state index contributed by atoms with van der Waals surface area (Å²) in [5.74, 6) is -0.109. The van der Waals surface area contributed by atoms with Gasteiger partial charge in [-0.15, -0.1) is 0 Å². The normalized spacial score (nSPS) is 10.7. The third kappa shape index (κ3) is 2.58. The van der Waals surface area contributed by atoms with Crippen LogP contribution >= 0.6 is 0 Å². The number of nitrogens with zero attached hydrogens (tertiary/aromatic N) is 1. The van der Waals surface area contributed by atoms with E-state index in [2.05, 4.69) is 15.3 Å². The standard InChI is InChI=1S/C16H16N4O/c1-10-7-18-5-4-11(10)8-20-16(21)14-9-19-15-6-12(17)2-3-13(14)15/h2-7,9,19H,8,17H2,1H3,(H,20,21). The van der Waals surface area contributed by atoms with Gasteiger partial charge in [-0.1, -0.05) is 0 Å². The van der Waals surface area contributed by atoms with Crippen molar-refractivity contribution < 1.29 is 4.79 Å². The van der Waals surface area contributed by atoms with Gasteiger partial charge in [-0.25, -0.2) is 0 Å². The number of aryl methyl sites for hydroxylation is 1. The highest BCUT2D eigenvalue weighted by molar-refractivity contribution is 6.07. The van der Waals surface area contributed by atoms with Gasteiger partial charge in [-0.3, -0.25) is 9.78 Å². The fraction of sp³-hybridized carbons (Fsp3) is 0.125. The lowest BCUT2D eigenvalue weighted by Gasteiger charge is -2.07. The SMILES string of the molecule is Cc1cnccc1CNC(=O)c1c[nH]c2cc(N)ccc12. The molecule has 5 nitrogen and oxygen atoms in total. The molecule has 0 fully saturated rings. The van der Waals surface area contributed by atoms with Crippen LogP contribution in [0.2, 0.25) is 0 Å². The van der Waals surface area contributed by atoms with Crippen molar-refractivity contribution >= 4 is 22.5 Å². The molecular weight excluding hydrogens is 264 g/mol. The number of nitrogen functional groups attached to an aromatic ring is 1. The van der Waals surface area contributed by atoms with Crippen molar-refractivity contribution in [3.05, 3.63) is 59.5 Å². The van der Waals surface area contributed by atoms with Gasteiger partial charge in [-0.05, 0) is 42.3 Å². The predicted octanol–water partition coefficient (Wildman–Crippen LogP) is 2.38. The van der Waals surface area contributed by atoms with E-state index in [1.54, 1.807) is 24.7 Å². The molecule has 0 spiro atoms. The first kappa shape index (κ1) is 13.2. The molecule has 0 aliphatic heterocycles. The number of aromatic amines is 1. The molecule has 4 N–H and O–H groups in total. The third-order valence-electron chi connectivity index (χ3n) is 3.53. The van der Waals surface area contributed by atoms with E-state index >= 15 is 0 Å². The van der Waals surface area contributed by atoms with E-state index in [1.165, 1.54) is 0 Å². The van der Waals surface area contributed by atoms with Crippen molar-refractivity contribution in [1.82, 2.24) is 15.3 Å². The Balaban J connectivity index is 1.80. The molecule has 0 atom stereocenters. The summed E-state index contributed by atoms with van der Waals surface area (Å²) in [5, 5.41) is 3.80. The molecular formula is C16H16N4O. The smallest absolute Gasteiger partial charge is 0.253 e. The predicted molar refractivity (Wildman–Crippen MR) is 82.9 cm³/mol. The molecule has 3 rings (SSSR count). The van der Waals surface area contributed by atoms with Crippen LogP contribution in [0.25, 0.3) is 10.9 Å². The second kappa shape index (κ2) is 5.28. The van der Waals surface area contributed by atoms with Crippen LogP contribution < -0.4 is 11.1 Å². The number of anilines is 1. The maximum atomic E-state index is 12.3. The van der Waals surface area contributed by atoms with Crippen molar-refractivity contribution in [2.75, 3.05) is 5.73 Å². The number of nitrogens with two attached hydrogens (primary N) is 1. The quantitative estimate of drug-likeness (QED) is 0.644. The lowest BCUT2D eigenvalue weighted by atomic mass is 10.1. The van der Waals surface area contributed by atoms with Crippen molar-refractivity contribution in [3.63, 3.8) is 0 Å². The summed E-state index contributed by atoms with van der Waals surface area (Å²) < 4.78 is 0. The maximum absolute atomic E-state index is 12.3. The van der Waals surface area contributed by atoms with Gasteiger partial charge in [0.05, 0.1) is 5.56 Å². The van der Waals surface area contributed by atoms with Crippen molar-refractivity contribution in [2.45, 2.75) is 13.5 Å². The zero-order valence-electron chi connectivity index (χ0n) is 11.7. The minimum atomic E-state index is -0.109. The number of benzene rings is 1. The molecule has 0 radical (unpaired) electrons. The zero-order valence-corrected chi connectivity index (χ0v) is 11.7. The first-order valence-corrected chi connectivity index (χ1v) is 6.69. The van der Waals surface area contributed by atoms with Crippen molar-refractivity contribution in [1.29, 1.82) is 0 Å². The van der Waals surface area contributed by atoms with Gasteiger partial charge in [0.25, 0.3) is 5.91 Å². The molecule has 2 aromatic heterocycles. The molecule has 1 aromatic carbocycles. The number of fused-ring (bicyclic) bond motifs is 1. The first-order valence-electron chi connectivity index (χ1n) is 6.69. The summed E-state index contributed by atoms with van der Waals surface area (Å²) in [6, 6.07) is 7.37. The summed E-state index contributed by atoms with van der Waals surface area (Å²) in [6.07, 6.45) is 5.22. The topological polar surface area (TPSA) is 83.8 Å². The number of rotatable bonds is 3. The minimum absolute atomic E-state index is 0.109. The van der Waals surface area contributed by atoms with Crippen LogP contribution in [0.15, 0.2) is 42.9 Å². The molecule has 5 heteroatoms. The highest BCUT2D eigenvalue weighted by Crippen LogP contribution is 2.20. The second-order valence-corrected chi connectivity index (χ2v) is 4.99. The van der Waals surface area contributed by atoms with Gasteiger partial charge in [0.2, 0.25) is 0 Å². The Bertz CT molecular complexity index is 807. The van der Waals surface area contributed by atoms with E-state index in [0.29, 0.717) is 17.8 Å². The molecule has 0 saturated carbocycles. The van der Waals surface area contributed by atoms with E-state index < -0.39 is 0 Å². The lowest BCUT2D eigenvalue weighted by molar-refractivity contribution is 0.0952. The highest BCUT2D eigenvalue weighted by Gasteiger charge is 2.12. The van der Waals surface area contributed by atoms with Crippen LogP contribution in [0.3, 0.4) is 0 Å². The number of nitrogens with one attached hydrogen (secondary N) is 2. The molecule has 0 bridgehead atoms. The van der Waals surface area contributed by atoms with Crippen LogP contribution in [0.4, 0.5) is 5.69 Å². The highest BCUT2D eigenvalue weighted by atomic mass is 16.1. The van der Waals surface area contributed by atoms with E-state index in [1.807, 2.05) is 25.1 Å². The van der Waals surface area contributed by atoms with Gasteiger partial charge in [-0.2, -0.15) is 0 Å². The van der Waals surface area contributed by atoms with Gasteiger partial charge in [0.15, 0.2) is 0 Å². The number of pyridine rings is 1. The summed E-state index contributed by atoms with van der Waals surface area (Å²) >= 11 is 0.